The number of nitrogens with one attached hydrogen (secondary N) is 1. The SMILES string of the molecule is C#CCNC(=O)[C@@H]1CC(=O)N(C)[C@H]1c1ccc(C(F)(F)F)cc1. The van der Waals surface area contributed by atoms with E-state index in [9.17, 15) is 22.8 Å². The summed E-state index contributed by atoms with van der Waals surface area (Å²) < 4.78 is 37.9. The average molecular weight is 324 g/mol. The minimum atomic E-state index is -4.43. The second-order valence-electron chi connectivity index (χ2n) is 5.30. The Morgan fingerprint density at radius 1 is 1.39 bits per heavy atom. The number of likely N-dealkylation sites (tertiary alicyclic amines) is 1. The Labute approximate surface area is 131 Å². The molecule has 122 valence electrons. The molecule has 4 nitrogen and oxygen atoms in total. The maximum absolute atomic E-state index is 12.6. The van der Waals surface area contributed by atoms with Gasteiger partial charge in [-0.3, -0.25) is 9.59 Å². The quantitative estimate of drug-likeness (QED) is 0.864. The molecule has 0 spiro atoms. The molecule has 0 saturated carbocycles. The summed E-state index contributed by atoms with van der Waals surface area (Å²) in [6.07, 6.45) is 0.652. The second-order valence-corrected chi connectivity index (χ2v) is 5.30. The molecule has 1 aliphatic rings. The van der Waals surface area contributed by atoms with Crippen molar-refractivity contribution < 1.29 is 22.8 Å². The molecule has 1 saturated heterocycles. The number of carbonyl (C=O) groups is 2. The minimum Gasteiger partial charge on any atom is -0.345 e. The van der Waals surface area contributed by atoms with E-state index in [4.69, 9.17) is 6.42 Å². The van der Waals surface area contributed by atoms with Crippen LogP contribution in [0.15, 0.2) is 24.3 Å². The van der Waals surface area contributed by atoms with Gasteiger partial charge >= 0.3 is 6.18 Å². The van der Waals surface area contributed by atoms with E-state index in [2.05, 4.69) is 11.2 Å². The summed E-state index contributed by atoms with van der Waals surface area (Å²) in [5, 5.41) is 2.52. The van der Waals surface area contributed by atoms with Crippen molar-refractivity contribution >= 4 is 11.8 Å². The van der Waals surface area contributed by atoms with Crippen LogP contribution in [-0.2, 0) is 15.8 Å². The Morgan fingerprint density at radius 2 is 2.00 bits per heavy atom. The molecule has 0 bridgehead atoms. The highest BCUT2D eigenvalue weighted by atomic mass is 19.4. The number of hydrogen-bond donors (Lipinski definition) is 1. The van der Waals surface area contributed by atoms with Crippen molar-refractivity contribution in [3.63, 3.8) is 0 Å². The van der Waals surface area contributed by atoms with Crippen molar-refractivity contribution in [2.24, 2.45) is 5.92 Å². The van der Waals surface area contributed by atoms with E-state index in [1.54, 1.807) is 0 Å². The Balaban J connectivity index is 2.28. The van der Waals surface area contributed by atoms with Crippen molar-refractivity contribution in [3.8, 4) is 12.3 Å². The fourth-order valence-electron chi connectivity index (χ4n) is 2.70. The van der Waals surface area contributed by atoms with Gasteiger partial charge in [0.25, 0.3) is 0 Å². The Bertz CT molecular complexity index is 647. The standard InChI is InChI=1S/C16H15F3N2O2/c1-3-8-20-15(23)12-9-13(22)21(2)14(12)10-4-6-11(7-5-10)16(17,18)19/h1,4-7,12,14H,8-9H2,2H3,(H,20,23)/t12-,14+/m1/s1. The number of amides is 2. The van der Waals surface area contributed by atoms with Gasteiger partial charge in [0, 0.05) is 13.5 Å². The fourth-order valence-corrected chi connectivity index (χ4v) is 2.70. The summed E-state index contributed by atoms with van der Waals surface area (Å²) >= 11 is 0. The van der Waals surface area contributed by atoms with Gasteiger partial charge in [-0.25, -0.2) is 0 Å². The number of hydrogen-bond acceptors (Lipinski definition) is 2. The monoisotopic (exact) mass is 324 g/mol. The maximum Gasteiger partial charge on any atom is 0.416 e. The number of rotatable bonds is 3. The third-order valence-corrected chi connectivity index (χ3v) is 3.87. The predicted molar refractivity (Wildman–Crippen MR) is 76.9 cm³/mol. The smallest absolute Gasteiger partial charge is 0.345 e. The molecular formula is C16H15F3N2O2. The summed E-state index contributed by atoms with van der Waals surface area (Å²) in [5.74, 6) is 0.961. The van der Waals surface area contributed by atoms with Crippen LogP contribution >= 0.6 is 0 Å². The Morgan fingerprint density at radius 3 is 2.52 bits per heavy atom. The van der Waals surface area contributed by atoms with Crippen molar-refractivity contribution in [3.05, 3.63) is 35.4 Å². The van der Waals surface area contributed by atoms with Crippen LogP contribution in [0.5, 0.6) is 0 Å². The number of benzene rings is 1. The summed E-state index contributed by atoms with van der Waals surface area (Å²) in [5.41, 5.74) is -0.297. The molecule has 1 aromatic rings. The van der Waals surface area contributed by atoms with Crippen LogP contribution in [0.3, 0.4) is 0 Å². The summed E-state index contributed by atoms with van der Waals surface area (Å²) in [6, 6.07) is 3.88. The maximum atomic E-state index is 12.6. The number of alkyl halides is 3. The first-order valence-electron chi connectivity index (χ1n) is 6.89. The number of halogens is 3. The molecule has 1 N–H and O–H groups in total. The first kappa shape index (κ1) is 16.9. The number of nitrogens with zero attached hydrogens (tertiary/aromatic N) is 1. The Hall–Kier alpha value is -2.49. The van der Waals surface area contributed by atoms with Gasteiger partial charge in [-0.15, -0.1) is 6.42 Å². The van der Waals surface area contributed by atoms with Gasteiger partial charge in [-0.2, -0.15) is 13.2 Å². The van der Waals surface area contributed by atoms with Gasteiger partial charge < -0.3 is 10.2 Å². The summed E-state index contributed by atoms with van der Waals surface area (Å²) in [6.45, 7) is 0.0347. The molecule has 0 aliphatic carbocycles. The molecule has 0 radical (unpaired) electrons. The molecule has 2 atom stereocenters. The minimum absolute atomic E-state index is 0.00140. The van der Waals surface area contributed by atoms with E-state index >= 15 is 0 Å². The van der Waals surface area contributed by atoms with E-state index in [1.807, 2.05) is 0 Å². The zero-order valence-electron chi connectivity index (χ0n) is 12.4. The molecule has 1 heterocycles. The van der Waals surface area contributed by atoms with Crippen LogP contribution in [0, 0.1) is 18.3 Å². The van der Waals surface area contributed by atoms with Gasteiger partial charge in [0.2, 0.25) is 11.8 Å². The van der Waals surface area contributed by atoms with Crippen molar-refractivity contribution in [2.75, 3.05) is 13.6 Å². The first-order valence-corrected chi connectivity index (χ1v) is 6.89. The van der Waals surface area contributed by atoms with Gasteiger partial charge in [-0.1, -0.05) is 18.1 Å². The average Bonchev–Trinajstić information content (AvgIpc) is 2.80. The van der Waals surface area contributed by atoms with E-state index in [1.165, 1.54) is 24.1 Å². The lowest BCUT2D eigenvalue weighted by atomic mass is 9.92. The highest BCUT2D eigenvalue weighted by Gasteiger charge is 2.42. The van der Waals surface area contributed by atoms with E-state index in [-0.39, 0.29) is 24.8 Å². The third kappa shape index (κ3) is 3.47. The van der Waals surface area contributed by atoms with E-state index in [0.29, 0.717) is 5.56 Å². The van der Waals surface area contributed by atoms with Gasteiger partial charge in [-0.05, 0) is 17.7 Å². The summed E-state index contributed by atoms with van der Waals surface area (Å²) in [7, 11) is 1.53. The van der Waals surface area contributed by atoms with E-state index in [0.717, 1.165) is 12.1 Å². The zero-order chi connectivity index (χ0) is 17.2. The number of terminal acetylenes is 1. The molecule has 1 aliphatic heterocycles. The molecule has 2 amide bonds. The number of carbonyl (C=O) groups excluding carboxylic acids is 2. The van der Waals surface area contributed by atoms with Crippen molar-refractivity contribution in [2.45, 2.75) is 18.6 Å². The molecule has 1 aromatic carbocycles. The molecule has 23 heavy (non-hydrogen) atoms. The zero-order valence-corrected chi connectivity index (χ0v) is 12.4. The van der Waals surface area contributed by atoms with Crippen LogP contribution in [0.1, 0.15) is 23.6 Å². The van der Waals surface area contributed by atoms with Gasteiger partial charge in [0.15, 0.2) is 0 Å². The van der Waals surface area contributed by atoms with Crippen LogP contribution < -0.4 is 5.32 Å². The lowest BCUT2D eigenvalue weighted by molar-refractivity contribution is -0.137. The highest BCUT2D eigenvalue weighted by Crippen LogP contribution is 2.38. The summed E-state index contributed by atoms with van der Waals surface area (Å²) in [4.78, 5) is 25.4. The van der Waals surface area contributed by atoms with Crippen LogP contribution in [0.4, 0.5) is 13.2 Å². The topological polar surface area (TPSA) is 49.4 Å². The highest BCUT2D eigenvalue weighted by molar-refractivity contribution is 5.90. The van der Waals surface area contributed by atoms with Crippen molar-refractivity contribution in [1.82, 2.24) is 10.2 Å². The molecular weight excluding hydrogens is 309 g/mol. The van der Waals surface area contributed by atoms with Crippen LogP contribution in [-0.4, -0.2) is 30.3 Å². The third-order valence-electron chi connectivity index (χ3n) is 3.87. The van der Waals surface area contributed by atoms with E-state index < -0.39 is 23.7 Å². The first-order chi connectivity index (χ1) is 10.8. The molecule has 7 heteroatoms. The second kappa shape index (κ2) is 6.32. The lowest BCUT2D eigenvalue weighted by Gasteiger charge is -2.25. The van der Waals surface area contributed by atoms with Crippen LogP contribution in [0.25, 0.3) is 0 Å². The normalized spacial score (nSPS) is 21.2. The molecule has 1 fully saturated rings. The van der Waals surface area contributed by atoms with Gasteiger partial charge in [0.1, 0.15) is 0 Å². The van der Waals surface area contributed by atoms with Crippen LogP contribution in [0.2, 0.25) is 0 Å². The molecule has 0 aromatic heterocycles. The lowest BCUT2D eigenvalue weighted by Crippen LogP contribution is -2.34. The molecule has 2 rings (SSSR count). The predicted octanol–water partition coefficient (Wildman–Crippen LogP) is 1.97. The van der Waals surface area contributed by atoms with Gasteiger partial charge in [0.05, 0.1) is 24.1 Å². The molecule has 0 unspecified atom stereocenters. The largest absolute Gasteiger partial charge is 0.416 e. The van der Waals surface area contributed by atoms with Crippen molar-refractivity contribution in [1.29, 1.82) is 0 Å². The fraction of sp³-hybridized carbons (Fsp3) is 0.375. The Kier molecular flexibility index (Phi) is 4.64.